The molecule has 3 heterocycles. The van der Waals surface area contributed by atoms with Gasteiger partial charge in [0.25, 0.3) is 5.91 Å². The summed E-state index contributed by atoms with van der Waals surface area (Å²) in [6.45, 7) is 6.14. The van der Waals surface area contributed by atoms with Crippen molar-refractivity contribution in [3.05, 3.63) is 41.7 Å². The van der Waals surface area contributed by atoms with Gasteiger partial charge in [0.1, 0.15) is 0 Å². The highest BCUT2D eigenvalue weighted by Crippen LogP contribution is 2.23. The van der Waals surface area contributed by atoms with Crippen LogP contribution in [-0.4, -0.2) is 42.0 Å². The number of pyridine rings is 1. The molecule has 3 aromatic rings. The summed E-state index contributed by atoms with van der Waals surface area (Å²) in [6.07, 6.45) is 6.26. The van der Waals surface area contributed by atoms with Crippen LogP contribution in [0.3, 0.4) is 0 Å². The van der Waals surface area contributed by atoms with Crippen LogP contribution in [0.15, 0.2) is 34.7 Å². The molecule has 1 aliphatic heterocycles. The maximum absolute atomic E-state index is 12.4. The predicted molar refractivity (Wildman–Crippen MR) is 108 cm³/mol. The molecule has 1 aliphatic rings. The molecular formula is C22H27N3O2. The smallest absolute Gasteiger partial charge is 0.287 e. The maximum atomic E-state index is 12.4. The first-order chi connectivity index (χ1) is 13.2. The molecule has 1 fully saturated rings. The number of carbonyl (C=O) groups is 1. The van der Waals surface area contributed by atoms with E-state index in [-0.39, 0.29) is 5.91 Å². The number of hydrogen-bond donors (Lipinski definition) is 1. The van der Waals surface area contributed by atoms with Crippen molar-refractivity contribution in [3.63, 3.8) is 0 Å². The molecule has 0 unspecified atom stereocenters. The molecule has 1 aromatic carbocycles. The van der Waals surface area contributed by atoms with Gasteiger partial charge in [0, 0.05) is 17.3 Å². The van der Waals surface area contributed by atoms with Gasteiger partial charge in [-0.2, -0.15) is 0 Å². The second kappa shape index (κ2) is 8.09. The third-order valence-corrected chi connectivity index (χ3v) is 5.32. The van der Waals surface area contributed by atoms with Crippen LogP contribution in [0.5, 0.6) is 0 Å². The molecule has 0 atom stereocenters. The van der Waals surface area contributed by atoms with E-state index in [4.69, 9.17) is 4.42 Å². The zero-order valence-electron chi connectivity index (χ0n) is 16.0. The number of hydrogen-bond acceptors (Lipinski definition) is 4. The van der Waals surface area contributed by atoms with E-state index in [0.717, 1.165) is 34.8 Å². The van der Waals surface area contributed by atoms with Crippen LogP contribution in [0.2, 0.25) is 0 Å². The second-order valence-corrected chi connectivity index (χ2v) is 7.55. The summed E-state index contributed by atoms with van der Waals surface area (Å²) in [5.74, 6) is 0.170. The molecule has 2 aromatic heterocycles. The van der Waals surface area contributed by atoms with E-state index in [2.05, 4.69) is 21.3 Å². The fraction of sp³-hybridized carbons (Fsp3) is 0.455. The number of fused-ring (bicyclic) bond motifs is 2. The van der Waals surface area contributed by atoms with Gasteiger partial charge in [0.05, 0.1) is 5.52 Å². The number of amides is 1. The zero-order chi connectivity index (χ0) is 18.6. The van der Waals surface area contributed by atoms with E-state index in [1.807, 2.05) is 25.1 Å². The topological polar surface area (TPSA) is 58.4 Å². The van der Waals surface area contributed by atoms with E-state index < -0.39 is 0 Å². The van der Waals surface area contributed by atoms with Crippen molar-refractivity contribution in [3.8, 4) is 0 Å². The van der Waals surface area contributed by atoms with Crippen molar-refractivity contribution in [1.29, 1.82) is 0 Å². The SMILES string of the molecule is Cc1ccc2cc3cc(C(=O)NCCCN4CCCCCC4)oc3nc2c1. The average Bonchev–Trinajstić information content (AvgIpc) is 2.89. The van der Waals surface area contributed by atoms with Crippen molar-refractivity contribution < 1.29 is 9.21 Å². The molecule has 1 saturated heterocycles. The summed E-state index contributed by atoms with van der Waals surface area (Å²) in [4.78, 5) is 19.5. The predicted octanol–water partition coefficient (Wildman–Crippen LogP) is 4.29. The number of rotatable bonds is 5. The van der Waals surface area contributed by atoms with Crippen LogP contribution >= 0.6 is 0 Å². The van der Waals surface area contributed by atoms with Gasteiger partial charge in [0.2, 0.25) is 5.71 Å². The number of likely N-dealkylation sites (tertiary alicyclic amines) is 1. The van der Waals surface area contributed by atoms with Crippen LogP contribution < -0.4 is 5.32 Å². The third kappa shape index (κ3) is 4.30. The molecule has 0 radical (unpaired) electrons. The summed E-state index contributed by atoms with van der Waals surface area (Å²) in [5, 5.41) is 4.89. The Morgan fingerprint density at radius 3 is 2.74 bits per heavy atom. The first-order valence-electron chi connectivity index (χ1n) is 10.0. The van der Waals surface area contributed by atoms with Gasteiger partial charge in [-0.1, -0.05) is 25.0 Å². The number of aryl methyl sites for hydroxylation is 1. The van der Waals surface area contributed by atoms with E-state index in [9.17, 15) is 4.79 Å². The van der Waals surface area contributed by atoms with E-state index in [1.165, 1.54) is 38.8 Å². The van der Waals surface area contributed by atoms with Gasteiger partial charge in [-0.05, 0) is 69.6 Å². The maximum Gasteiger partial charge on any atom is 0.287 e. The number of carbonyl (C=O) groups excluding carboxylic acids is 1. The minimum absolute atomic E-state index is 0.163. The van der Waals surface area contributed by atoms with Crippen LogP contribution in [-0.2, 0) is 0 Å². The van der Waals surface area contributed by atoms with Crippen molar-refractivity contribution >= 4 is 27.9 Å². The van der Waals surface area contributed by atoms with Crippen LogP contribution in [0.4, 0.5) is 0 Å². The first-order valence-corrected chi connectivity index (χ1v) is 10.0. The first kappa shape index (κ1) is 18.0. The highest BCUT2D eigenvalue weighted by Gasteiger charge is 2.14. The Morgan fingerprint density at radius 1 is 1.11 bits per heavy atom. The van der Waals surface area contributed by atoms with Gasteiger partial charge in [-0.25, -0.2) is 4.98 Å². The Hall–Kier alpha value is -2.40. The lowest BCUT2D eigenvalue weighted by Gasteiger charge is -2.19. The van der Waals surface area contributed by atoms with Crippen molar-refractivity contribution in [2.45, 2.75) is 39.0 Å². The lowest BCUT2D eigenvalue weighted by Crippen LogP contribution is -2.30. The fourth-order valence-electron chi connectivity index (χ4n) is 3.80. The van der Waals surface area contributed by atoms with Crippen LogP contribution in [0.1, 0.15) is 48.2 Å². The van der Waals surface area contributed by atoms with Crippen molar-refractivity contribution in [2.75, 3.05) is 26.2 Å². The molecule has 1 amide bonds. The summed E-state index contributed by atoms with van der Waals surface area (Å²) in [6, 6.07) is 9.95. The Balaban J connectivity index is 1.36. The quantitative estimate of drug-likeness (QED) is 0.686. The number of benzene rings is 1. The minimum Gasteiger partial charge on any atom is -0.433 e. The molecule has 0 spiro atoms. The molecule has 0 saturated carbocycles. The molecule has 5 nitrogen and oxygen atoms in total. The lowest BCUT2D eigenvalue weighted by atomic mass is 10.1. The fourth-order valence-corrected chi connectivity index (χ4v) is 3.80. The summed E-state index contributed by atoms with van der Waals surface area (Å²) in [7, 11) is 0. The summed E-state index contributed by atoms with van der Waals surface area (Å²) < 4.78 is 5.71. The van der Waals surface area contributed by atoms with Gasteiger partial charge in [-0.3, -0.25) is 4.79 Å². The Bertz CT molecular complexity index is 939. The second-order valence-electron chi connectivity index (χ2n) is 7.55. The van der Waals surface area contributed by atoms with Gasteiger partial charge < -0.3 is 14.6 Å². The lowest BCUT2D eigenvalue weighted by molar-refractivity contribution is 0.0926. The standard InChI is InChI=1S/C22H27N3O2/c1-16-7-8-17-14-18-15-20(27-22(18)24-19(17)13-16)21(26)23-9-6-12-25-10-4-2-3-5-11-25/h7-8,13-15H,2-6,9-12H2,1H3,(H,23,26). The van der Waals surface area contributed by atoms with Gasteiger partial charge in [-0.15, -0.1) is 0 Å². The molecule has 0 bridgehead atoms. The summed E-state index contributed by atoms with van der Waals surface area (Å²) >= 11 is 0. The highest BCUT2D eigenvalue weighted by molar-refractivity contribution is 5.98. The van der Waals surface area contributed by atoms with E-state index in [1.54, 1.807) is 6.07 Å². The average molecular weight is 365 g/mol. The minimum atomic E-state index is -0.163. The number of nitrogens with one attached hydrogen (secondary N) is 1. The number of aromatic nitrogens is 1. The Morgan fingerprint density at radius 2 is 1.93 bits per heavy atom. The van der Waals surface area contributed by atoms with Gasteiger partial charge in [0.15, 0.2) is 5.76 Å². The number of furan rings is 1. The zero-order valence-corrected chi connectivity index (χ0v) is 16.0. The molecular weight excluding hydrogens is 338 g/mol. The monoisotopic (exact) mass is 365 g/mol. The largest absolute Gasteiger partial charge is 0.433 e. The number of nitrogens with zero attached hydrogens (tertiary/aromatic N) is 2. The highest BCUT2D eigenvalue weighted by atomic mass is 16.4. The molecule has 142 valence electrons. The van der Waals surface area contributed by atoms with Crippen molar-refractivity contribution in [2.24, 2.45) is 0 Å². The summed E-state index contributed by atoms with van der Waals surface area (Å²) in [5.41, 5.74) is 2.56. The van der Waals surface area contributed by atoms with Crippen LogP contribution in [0.25, 0.3) is 22.0 Å². The molecule has 4 rings (SSSR count). The molecule has 1 N–H and O–H groups in total. The molecule has 27 heavy (non-hydrogen) atoms. The normalized spacial score (nSPS) is 15.9. The van der Waals surface area contributed by atoms with Crippen LogP contribution in [0, 0.1) is 6.92 Å². The molecule has 5 heteroatoms. The van der Waals surface area contributed by atoms with E-state index >= 15 is 0 Å². The van der Waals surface area contributed by atoms with Gasteiger partial charge >= 0.3 is 0 Å². The Labute approximate surface area is 159 Å². The Kier molecular flexibility index (Phi) is 5.39. The van der Waals surface area contributed by atoms with Crippen molar-refractivity contribution in [1.82, 2.24) is 15.2 Å². The van der Waals surface area contributed by atoms with E-state index in [0.29, 0.717) is 18.0 Å². The third-order valence-electron chi connectivity index (χ3n) is 5.32. The molecule has 0 aliphatic carbocycles.